The maximum atomic E-state index is 12.4. The van der Waals surface area contributed by atoms with Gasteiger partial charge in [0.25, 0.3) is 0 Å². The van der Waals surface area contributed by atoms with Crippen molar-refractivity contribution in [1.82, 2.24) is 0 Å². The molecule has 0 aliphatic carbocycles. The summed E-state index contributed by atoms with van der Waals surface area (Å²) in [5, 5.41) is 0.280. The average Bonchev–Trinajstić information content (AvgIpc) is 2.79. The van der Waals surface area contributed by atoms with Crippen LogP contribution >= 0.6 is 0 Å². The third-order valence-corrected chi connectivity index (χ3v) is 13.1. The Morgan fingerprint density at radius 1 is 0.594 bits per heavy atom. The molecule has 0 rings (SSSR count). The molecule has 0 saturated heterocycles. The molecule has 0 aliphatic heterocycles. The Balaban J connectivity index is 4.34. The van der Waals surface area contributed by atoms with Crippen LogP contribution in [0.2, 0.25) is 10.1 Å². The first-order chi connectivity index (χ1) is 15.3. The summed E-state index contributed by atoms with van der Waals surface area (Å²) >= 11 is 0. The zero-order chi connectivity index (χ0) is 24.5. The number of carbonyl (C=O) groups excluding carboxylic acids is 1. The van der Waals surface area contributed by atoms with Crippen molar-refractivity contribution >= 4 is 24.4 Å². The van der Waals surface area contributed by atoms with Crippen LogP contribution in [0, 0.1) is 0 Å². The van der Waals surface area contributed by atoms with Crippen LogP contribution in [0.25, 0.3) is 0 Å². The summed E-state index contributed by atoms with van der Waals surface area (Å²) in [5.41, 5.74) is 0. The molecule has 0 aliphatic rings. The molecule has 0 amide bonds. The van der Waals surface area contributed by atoms with Gasteiger partial charge in [-0.3, -0.25) is 4.79 Å². The highest BCUT2D eigenvalue weighted by Gasteiger charge is 2.37. The van der Waals surface area contributed by atoms with Gasteiger partial charge in [0.1, 0.15) is 5.78 Å². The van der Waals surface area contributed by atoms with E-state index in [1.165, 1.54) is 0 Å². The maximum Gasteiger partial charge on any atom is 0.327 e. The highest BCUT2D eigenvalue weighted by molar-refractivity contribution is 6.48. The van der Waals surface area contributed by atoms with Crippen LogP contribution in [0.5, 0.6) is 0 Å². The van der Waals surface area contributed by atoms with Gasteiger partial charge in [-0.05, 0) is 66.2 Å². The van der Waals surface area contributed by atoms with Crippen LogP contribution in [0.15, 0.2) is 0 Å². The quantitative estimate of drug-likeness (QED) is 0.126. The molecule has 5 nitrogen and oxygen atoms in total. The Morgan fingerprint density at radius 2 is 0.906 bits per heavy atom. The molecule has 2 unspecified atom stereocenters. The average molecular weight is 491 g/mol. The van der Waals surface area contributed by atoms with Crippen LogP contribution in [-0.4, -0.2) is 50.8 Å². The fraction of sp³-hybridized carbons (Fsp3) is 0.960. The molecule has 0 spiro atoms. The first-order valence-electron chi connectivity index (χ1n) is 13.2. The van der Waals surface area contributed by atoms with Crippen molar-refractivity contribution in [2.45, 2.75) is 130 Å². The highest BCUT2D eigenvalue weighted by Crippen LogP contribution is 2.41. The monoisotopic (exact) mass is 490 g/mol. The summed E-state index contributed by atoms with van der Waals surface area (Å²) in [6.45, 7) is 20.2. The van der Waals surface area contributed by atoms with Gasteiger partial charge in [0.05, 0.1) is 0 Å². The van der Waals surface area contributed by atoms with Crippen LogP contribution < -0.4 is 0 Å². The second-order valence-electron chi connectivity index (χ2n) is 9.45. The number of hydrogen-bond acceptors (Lipinski definition) is 5. The number of hydrogen-bond donors (Lipinski definition) is 0. The first kappa shape index (κ1) is 31.9. The SMILES string of the molecule is CCO[SiH](OCC)C(C)(CC)CCCCC(=O)CCCCC(C)(CC)[SiH](OCC)OCC. The van der Waals surface area contributed by atoms with Gasteiger partial charge in [0.15, 0.2) is 0 Å². The molecule has 0 aromatic rings. The molecule has 0 bridgehead atoms. The third-order valence-electron chi connectivity index (χ3n) is 6.93. The maximum absolute atomic E-state index is 12.4. The number of carbonyl (C=O) groups is 1. The van der Waals surface area contributed by atoms with E-state index >= 15 is 0 Å². The van der Waals surface area contributed by atoms with Crippen molar-refractivity contribution in [3.63, 3.8) is 0 Å². The second-order valence-corrected chi connectivity index (χ2v) is 14.9. The number of ketones is 1. The van der Waals surface area contributed by atoms with Gasteiger partial charge < -0.3 is 17.7 Å². The van der Waals surface area contributed by atoms with E-state index in [0.717, 1.165) is 77.8 Å². The van der Waals surface area contributed by atoms with E-state index in [0.29, 0.717) is 18.6 Å². The van der Waals surface area contributed by atoms with Gasteiger partial charge in [-0.25, -0.2) is 0 Å². The lowest BCUT2D eigenvalue weighted by Gasteiger charge is -2.34. The lowest BCUT2D eigenvalue weighted by Crippen LogP contribution is -2.36. The molecule has 2 atom stereocenters. The first-order valence-corrected chi connectivity index (χ1v) is 16.3. The molecule has 7 heteroatoms. The van der Waals surface area contributed by atoms with Crippen molar-refractivity contribution in [1.29, 1.82) is 0 Å². The number of rotatable bonds is 22. The van der Waals surface area contributed by atoms with Crippen molar-refractivity contribution in [3.05, 3.63) is 0 Å². The molecule has 0 fully saturated rings. The molecule has 0 aromatic heterocycles. The summed E-state index contributed by atoms with van der Waals surface area (Å²) in [6, 6.07) is 0. The van der Waals surface area contributed by atoms with Crippen molar-refractivity contribution in [2.75, 3.05) is 26.4 Å². The minimum Gasteiger partial charge on any atom is -0.397 e. The van der Waals surface area contributed by atoms with Gasteiger partial charge >= 0.3 is 18.6 Å². The van der Waals surface area contributed by atoms with Crippen molar-refractivity contribution in [3.8, 4) is 0 Å². The Bertz CT molecular complexity index is 427. The van der Waals surface area contributed by atoms with E-state index < -0.39 is 18.6 Å². The van der Waals surface area contributed by atoms with Gasteiger partial charge in [0.2, 0.25) is 0 Å². The van der Waals surface area contributed by atoms with Crippen molar-refractivity contribution in [2.24, 2.45) is 0 Å². The predicted octanol–water partition coefficient (Wildman–Crippen LogP) is 6.60. The number of unbranched alkanes of at least 4 members (excludes halogenated alkanes) is 2. The molecule has 0 radical (unpaired) electrons. The molecule has 0 heterocycles. The lowest BCUT2D eigenvalue weighted by molar-refractivity contribution is -0.119. The fourth-order valence-corrected chi connectivity index (χ4v) is 8.82. The standard InChI is InChI=1S/C25H54O5Si2/c1-9-24(7,31(27-11-3)28-12-4)21-17-15-19-23(26)20-16-18-22-25(8,10-2)32(29-13-5)30-14-6/h31-32H,9-22H2,1-8H3. The Morgan fingerprint density at radius 3 is 1.16 bits per heavy atom. The molecular formula is C25H54O5Si2. The van der Waals surface area contributed by atoms with E-state index in [9.17, 15) is 4.79 Å². The van der Waals surface area contributed by atoms with Crippen molar-refractivity contribution < 1.29 is 22.5 Å². The van der Waals surface area contributed by atoms with E-state index in [2.05, 4.69) is 27.7 Å². The highest BCUT2D eigenvalue weighted by atomic mass is 28.3. The van der Waals surface area contributed by atoms with E-state index in [4.69, 9.17) is 17.7 Å². The fourth-order valence-electron chi connectivity index (χ4n) is 4.26. The van der Waals surface area contributed by atoms with Gasteiger partial charge in [-0.15, -0.1) is 0 Å². The van der Waals surface area contributed by atoms with Gasteiger partial charge in [0, 0.05) is 49.3 Å². The second kappa shape index (κ2) is 18.3. The Hall–Kier alpha value is -0.0562. The molecule has 0 N–H and O–H groups in total. The van der Waals surface area contributed by atoms with E-state index in [1.54, 1.807) is 0 Å². The molecule has 192 valence electrons. The van der Waals surface area contributed by atoms with E-state index in [1.807, 2.05) is 27.7 Å². The van der Waals surface area contributed by atoms with Crippen LogP contribution in [0.3, 0.4) is 0 Å². The summed E-state index contributed by atoms with van der Waals surface area (Å²) < 4.78 is 24.0. The molecule has 32 heavy (non-hydrogen) atoms. The van der Waals surface area contributed by atoms with Crippen LogP contribution in [0.4, 0.5) is 0 Å². The smallest absolute Gasteiger partial charge is 0.327 e. The number of Topliss-reactive ketones (excluding diaryl/α,β-unsaturated/α-hetero) is 1. The summed E-state index contributed by atoms with van der Waals surface area (Å²) in [7, 11) is -3.39. The lowest BCUT2D eigenvalue weighted by atomic mass is 9.96. The minimum absolute atomic E-state index is 0.140. The zero-order valence-electron chi connectivity index (χ0n) is 22.6. The molecule has 0 saturated carbocycles. The van der Waals surface area contributed by atoms with E-state index in [-0.39, 0.29) is 10.1 Å². The van der Waals surface area contributed by atoms with Crippen LogP contribution in [-0.2, 0) is 22.5 Å². The molecule has 0 aromatic carbocycles. The van der Waals surface area contributed by atoms with Crippen LogP contribution in [0.1, 0.15) is 120 Å². The Kier molecular flexibility index (Phi) is 18.3. The predicted molar refractivity (Wildman–Crippen MR) is 140 cm³/mol. The van der Waals surface area contributed by atoms with Gasteiger partial charge in [-0.2, -0.15) is 0 Å². The third kappa shape index (κ3) is 11.9. The summed E-state index contributed by atoms with van der Waals surface area (Å²) in [5.74, 6) is 0.410. The largest absolute Gasteiger partial charge is 0.397 e. The molecular weight excluding hydrogens is 436 g/mol. The minimum atomic E-state index is -1.69. The zero-order valence-corrected chi connectivity index (χ0v) is 24.9. The summed E-state index contributed by atoms with van der Waals surface area (Å²) in [4.78, 5) is 12.4. The summed E-state index contributed by atoms with van der Waals surface area (Å²) in [6.07, 6.45) is 9.82. The Labute approximate surface area is 203 Å². The topological polar surface area (TPSA) is 54.0 Å². The van der Waals surface area contributed by atoms with Gasteiger partial charge in [-0.1, -0.05) is 40.5 Å². The normalized spacial score (nSPS) is 15.8.